The number of benzene rings is 2. The van der Waals surface area contributed by atoms with E-state index < -0.39 is 0 Å². The third-order valence-electron chi connectivity index (χ3n) is 3.54. The van der Waals surface area contributed by atoms with Crippen LogP contribution < -0.4 is 15.0 Å². The molecule has 2 aromatic rings. The lowest BCUT2D eigenvalue weighted by Crippen LogP contribution is -2.45. The van der Waals surface area contributed by atoms with E-state index in [1.807, 2.05) is 0 Å². The van der Waals surface area contributed by atoms with Gasteiger partial charge in [-0.3, -0.25) is 14.5 Å². The molecule has 24 heavy (non-hydrogen) atoms. The Kier molecular flexibility index (Phi) is 4.66. The van der Waals surface area contributed by atoms with E-state index in [-0.39, 0.29) is 37.3 Å². The zero-order valence-corrected chi connectivity index (χ0v) is 13.3. The molecule has 0 saturated heterocycles. The highest BCUT2D eigenvalue weighted by molar-refractivity contribution is 6.31. The maximum atomic E-state index is 13.1. The summed E-state index contributed by atoms with van der Waals surface area (Å²) < 4.78 is 18.4. The van der Waals surface area contributed by atoms with Crippen molar-refractivity contribution in [1.29, 1.82) is 0 Å². The Morgan fingerprint density at radius 3 is 2.92 bits per heavy atom. The van der Waals surface area contributed by atoms with Crippen LogP contribution in [0.4, 0.5) is 10.1 Å². The number of hydrogen-bond donors (Lipinski definition) is 1. The van der Waals surface area contributed by atoms with Crippen LogP contribution in [0.5, 0.6) is 5.75 Å². The van der Waals surface area contributed by atoms with Gasteiger partial charge in [-0.2, -0.15) is 0 Å². The van der Waals surface area contributed by atoms with Gasteiger partial charge in [-0.1, -0.05) is 23.7 Å². The summed E-state index contributed by atoms with van der Waals surface area (Å²) >= 11 is 5.95. The van der Waals surface area contributed by atoms with Gasteiger partial charge in [0.25, 0.3) is 5.91 Å². The number of ether oxygens (including phenoxy) is 1. The molecule has 0 fully saturated rings. The summed E-state index contributed by atoms with van der Waals surface area (Å²) in [4.78, 5) is 25.5. The first-order valence-corrected chi connectivity index (χ1v) is 7.64. The summed E-state index contributed by atoms with van der Waals surface area (Å²) in [6, 6.07) is 10.8. The predicted octanol–water partition coefficient (Wildman–Crippen LogP) is 2.52. The van der Waals surface area contributed by atoms with Crippen LogP contribution in [0.2, 0.25) is 5.02 Å². The average Bonchev–Trinajstić information content (AvgIpc) is 2.56. The maximum absolute atomic E-state index is 13.1. The molecule has 1 aliphatic heterocycles. The number of nitrogens with zero attached hydrogens (tertiary/aromatic N) is 1. The summed E-state index contributed by atoms with van der Waals surface area (Å²) in [5, 5.41) is 3.11. The van der Waals surface area contributed by atoms with Crippen LogP contribution in [0.3, 0.4) is 0 Å². The van der Waals surface area contributed by atoms with Crippen molar-refractivity contribution in [1.82, 2.24) is 5.32 Å². The van der Waals surface area contributed by atoms with Crippen LogP contribution in [-0.2, 0) is 16.1 Å². The quantitative estimate of drug-likeness (QED) is 0.923. The van der Waals surface area contributed by atoms with Crippen molar-refractivity contribution in [2.24, 2.45) is 0 Å². The first-order chi connectivity index (χ1) is 11.5. The summed E-state index contributed by atoms with van der Waals surface area (Å²) in [6.45, 7) is -0.117. The molecule has 2 amide bonds. The Labute approximate surface area is 143 Å². The second kappa shape index (κ2) is 6.88. The average molecular weight is 349 g/mol. The Morgan fingerprint density at radius 1 is 1.29 bits per heavy atom. The number of carbonyl (C=O) groups excluding carboxylic acids is 2. The standard InChI is InChI=1S/C17H14ClFN2O3/c18-12-4-5-15-14(7-12)21(17(23)10-24-15)9-16(22)20-8-11-2-1-3-13(19)6-11/h1-7H,8-10H2,(H,20,22). The van der Waals surface area contributed by atoms with Gasteiger partial charge in [-0.05, 0) is 35.9 Å². The zero-order valence-electron chi connectivity index (χ0n) is 12.6. The van der Waals surface area contributed by atoms with Crippen LogP contribution in [0.1, 0.15) is 5.56 Å². The molecule has 1 heterocycles. The molecule has 0 atom stereocenters. The number of halogens is 2. The van der Waals surface area contributed by atoms with Crippen LogP contribution in [-0.4, -0.2) is 25.0 Å². The third kappa shape index (κ3) is 3.65. The summed E-state index contributed by atoms with van der Waals surface area (Å²) in [7, 11) is 0. The summed E-state index contributed by atoms with van der Waals surface area (Å²) in [5.41, 5.74) is 1.10. The molecule has 0 bridgehead atoms. The Balaban J connectivity index is 1.68. The van der Waals surface area contributed by atoms with Gasteiger partial charge in [0.15, 0.2) is 6.61 Å². The maximum Gasteiger partial charge on any atom is 0.265 e. The molecule has 0 saturated carbocycles. The first-order valence-electron chi connectivity index (χ1n) is 7.27. The lowest BCUT2D eigenvalue weighted by Gasteiger charge is -2.29. The van der Waals surface area contributed by atoms with Crippen molar-refractivity contribution >= 4 is 29.1 Å². The molecule has 0 spiro atoms. The van der Waals surface area contributed by atoms with Crippen molar-refractivity contribution in [3.8, 4) is 5.75 Å². The number of rotatable bonds is 4. The fraction of sp³-hybridized carbons (Fsp3) is 0.176. The van der Waals surface area contributed by atoms with Crippen molar-refractivity contribution in [3.63, 3.8) is 0 Å². The minimum Gasteiger partial charge on any atom is -0.482 e. The van der Waals surface area contributed by atoms with E-state index in [9.17, 15) is 14.0 Å². The van der Waals surface area contributed by atoms with E-state index in [2.05, 4.69) is 5.32 Å². The van der Waals surface area contributed by atoms with Crippen LogP contribution in [0, 0.1) is 5.82 Å². The predicted molar refractivity (Wildman–Crippen MR) is 87.5 cm³/mol. The van der Waals surface area contributed by atoms with E-state index >= 15 is 0 Å². The highest BCUT2D eigenvalue weighted by Crippen LogP contribution is 2.34. The smallest absolute Gasteiger partial charge is 0.265 e. The van der Waals surface area contributed by atoms with Crippen molar-refractivity contribution < 1.29 is 18.7 Å². The molecule has 0 unspecified atom stereocenters. The molecule has 0 radical (unpaired) electrons. The van der Waals surface area contributed by atoms with Gasteiger partial charge >= 0.3 is 0 Å². The lowest BCUT2D eigenvalue weighted by atomic mass is 10.2. The van der Waals surface area contributed by atoms with E-state index in [4.69, 9.17) is 16.3 Å². The summed E-state index contributed by atoms with van der Waals surface area (Å²) in [5.74, 6) is -0.559. The van der Waals surface area contributed by atoms with E-state index in [0.29, 0.717) is 22.0 Å². The number of anilines is 1. The molecule has 1 N–H and O–H groups in total. The van der Waals surface area contributed by atoms with E-state index in [0.717, 1.165) is 0 Å². The minimum atomic E-state index is -0.367. The molecular weight excluding hydrogens is 335 g/mol. The lowest BCUT2D eigenvalue weighted by molar-refractivity contribution is -0.125. The third-order valence-corrected chi connectivity index (χ3v) is 3.78. The number of nitrogens with one attached hydrogen (secondary N) is 1. The summed E-state index contributed by atoms with van der Waals surface area (Å²) in [6.07, 6.45) is 0. The monoisotopic (exact) mass is 348 g/mol. The largest absolute Gasteiger partial charge is 0.482 e. The Morgan fingerprint density at radius 2 is 2.12 bits per heavy atom. The fourth-order valence-corrected chi connectivity index (χ4v) is 2.56. The van der Waals surface area contributed by atoms with Gasteiger partial charge in [0.05, 0.1) is 5.69 Å². The molecule has 7 heteroatoms. The Bertz CT molecular complexity index is 797. The molecule has 1 aliphatic rings. The van der Waals surface area contributed by atoms with Gasteiger partial charge in [0, 0.05) is 11.6 Å². The second-order valence-corrected chi connectivity index (χ2v) is 5.72. The molecule has 5 nitrogen and oxygen atoms in total. The normalized spacial score (nSPS) is 13.2. The van der Waals surface area contributed by atoms with Crippen molar-refractivity contribution in [2.45, 2.75) is 6.54 Å². The highest BCUT2D eigenvalue weighted by Gasteiger charge is 2.27. The number of fused-ring (bicyclic) bond motifs is 1. The number of hydrogen-bond acceptors (Lipinski definition) is 3. The van der Waals surface area contributed by atoms with Gasteiger partial charge in [-0.15, -0.1) is 0 Å². The second-order valence-electron chi connectivity index (χ2n) is 5.29. The number of amides is 2. The molecule has 3 rings (SSSR count). The molecule has 124 valence electrons. The van der Waals surface area contributed by atoms with Crippen LogP contribution >= 0.6 is 11.6 Å². The molecule has 0 aromatic heterocycles. The van der Waals surface area contributed by atoms with Gasteiger partial charge in [-0.25, -0.2) is 4.39 Å². The highest BCUT2D eigenvalue weighted by atomic mass is 35.5. The van der Waals surface area contributed by atoms with E-state index in [1.165, 1.54) is 17.0 Å². The topological polar surface area (TPSA) is 58.6 Å². The SMILES string of the molecule is O=C(CN1C(=O)COc2ccc(Cl)cc21)NCc1cccc(F)c1. The molecule has 0 aliphatic carbocycles. The minimum absolute atomic E-state index is 0.133. The molecule has 2 aromatic carbocycles. The first kappa shape index (κ1) is 16.3. The molecular formula is C17H14ClFN2O3. The van der Waals surface area contributed by atoms with Gasteiger partial charge in [0.1, 0.15) is 18.1 Å². The van der Waals surface area contributed by atoms with Gasteiger partial charge < -0.3 is 10.1 Å². The van der Waals surface area contributed by atoms with Gasteiger partial charge in [0.2, 0.25) is 5.91 Å². The van der Waals surface area contributed by atoms with Crippen LogP contribution in [0.25, 0.3) is 0 Å². The van der Waals surface area contributed by atoms with E-state index in [1.54, 1.807) is 30.3 Å². The number of carbonyl (C=O) groups is 2. The van der Waals surface area contributed by atoms with Crippen molar-refractivity contribution in [3.05, 3.63) is 58.9 Å². The van der Waals surface area contributed by atoms with Crippen molar-refractivity contribution in [2.75, 3.05) is 18.1 Å². The Hall–Kier alpha value is -2.60. The van der Waals surface area contributed by atoms with Crippen LogP contribution in [0.15, 0.2) is 42.5 Å². The fourth-order valence-electron chi connectivity index (χ4n) is 2.40. The zero-order chi connectivity index (χ0) is 17.1.